The Hall–Kier alpha value is -1.15. The maximum atomic E-state index is 12.1. The van der Waals surface area contributed by atoms with E-state index in [1.54, 1.807) is 5.38 Å². The highest BCUT2D eigenvalue weighted by atomic mass is 32.2. The summed E-state index contributed by atoms with van der Waals surface area (Å²) in [5.74, 6) is -0.980. The Kier molecular flexibility index (Phi) is 4.41. The molecule has 1 aliphatic carbocycles. The van der Waals surface area contributed by atoms with Gasteiger partial charge in [-0.05, 0) is 12.8 Å². The van der Waals surface area contributed by atoms with E-state index in [0.29, 0.717) is 18.5 Å². The molecule has 0 saturated heterocycles. The minimum Gasteiger partial charge on any atom is -0.481 e. The first-order valence-corrected chi connectivity index (χ1v) is 8.58. The molecule has 0 bridgehead atoms. The van der Waals surface area contributed by atoms with Crippen molar-refractivity contribution in [2.24, 2.45) is 0 Å². The average Bonchev–Trinajstić information content (AvgIpc) is 2.76. The first-order valence-electron chi connectivity index (χ1n) is 6.15. The molecule has 19 heavy (non-hydrogen) atoms. The van der Waals surface area contributed by atoms with Crippen LogP contribution < -0.4 is 4.72 Å². The minimum absolute atomic E-state index is 0.193. The Labute approximate surface area is 115 Å². The van der Waals surface area contributed by atoms with Gasteiger partial charge < -0.3 is 5.11 Å². The highest BCUT2D eigenvalue weighted by Crippen LogP contribution is 2.26. The van der Waals surface area contributed by atoms with Gasteiger partial charge in [0, 0.05) is 5.38 Å². The number of anilines is 1. The van der Waals surface area contributed by atoms with Gasteiger partial charge in [0.1, 0.15) is 0 Å². The van der Waals surface area contributed by atoms with Gasteiger partial charge in [0.25, 0.3) is 0 Å². The molecule has 0 unspecified atom stereocenters. The highest BCUT2D eigenvalue weighted by Gasteiger charge is 2.27. The van der Waals surface area contributed by atoms with E-state index in [0.717, 1.165) is 30.6 Å². The SMILES string of the molecule is O=C(O)Cc1csc(NS(=O)(=O)C2CCCCC2)n1. The lowest BCUT2D eigenvalue weighted by Gasteiger charge is -2.21. The number of carbonyl (C=O) groups is 1. The van der Waals surface area contributed by atoms with E-state index in [1.807, 2.05) is 0 Å². The Morgan fingerprint density at radius 2 is 2.11 bits per heavy atom. The molecule has 1 aliphatic rings. The van der Waals surface area contributed by atoms with E-state index in [1.165, 1.54) is 0 Å². The number of aromatic nitrogens is 1. The van der Waals surface area contributed by atoms with Crippen molar-refractivity contribution >= 4 is 32.5 Å². The summed E-state index contributed by atoms with van der Waals surface area (Å²) >= 11 is 1.12. The Morgan fingerprint density at radius 1 is 1.42 bits per heavy atom. The van der Waals surface area contributed by atoms with Gasteiger partial charge in [0.05, 0.1) is 17.4 Å². The Bertz CT molecular complexity index is 547. The smallest absolute Gasteiger partial charge is 0.309 e. The summed E-state index contributed by atoms with van der Waals surface area (Å²) in [5.41, 5.74) is 0.374. The predicted molar refractivity (Wildman–Crippen MR) is 72.9 cm³/mol. The van der Waals surface area contributed by atoms with Crippen LogP contribution >= 0.6 is 11.3 Å². The third kappa shape index (κ3) is 3.90. The number of carboxylic acid groups (broad SMARTS) is 1. The van der Waals surface area contributed by atoms with Crippen molar-refractivity contribution in [1.82, 2.24) is 4.98 Å². The molecule has 106 valence electrons. The van der Waals surface area contributed by atoms with Crippen molar-refractivity contribution in [1.29, 1.82) is 0 Å². The Balaban J connectivity index is 2.03. The maximum Gasteiger partial charge on any atom is 0.309 e. The molecular weight excluding hydrogens is 288 g/mol. The van der Waals surface area contributed by atoms with Crippen LogP contribution in [0.5, 0.6) is 0 Å². The summed E-state index contributed by atoms with van der Waals surface area (Å²) in [5, 5.41) is 10.1. The highest BCUT2D eigenvalue weighted by molar-refractivity contribution is 7.93. The first kappa shape index (κ1) is 14.3. The molecule has 8 heteroatoms. The maximum absolute atomic E-state index is 12.1. The fourth-order valence-corrected chi connectivity index (χ4v) is 4.67. The molecule has 1 fully saturated rings. The van der Waals surface area contributed by atoms with Gasteiger partial charge in [-0.15, -0.1) is 11.3 Å². The zero-order valence-corrected chi connectivity index (χ0v) is 12.0. The largest absolute Gasteiger partial charge is 0.481 e. The lowest BCUT2D eigenvalue weighted by atomic mass is 10.0. The van der Waals surface area contributed by atoms with Crippen molar-refractivity contribution in [2.75, 3.05) is 4.72 Å². The number of rotatable bonds is 5. The van der Waals surface area contributed by atoms with Crippen molar-refractivity contribution in [2.45, 2.75) is 43.8 Å². The monoisotopic (exact) mass is 304 g/mol. The summed E-state index contributed by atoms with van der Waals surface area (Å²) in [4.78, 5) is 14.5. The van der Waals surface area contributed by atoms with Gasteiger partial charge in [0.15, 0.2) is 5.13 Å². The summed E-state index contributed by atoms with van der Waals surface area (Å²) in [7, 11) is -3.40. The molecule has 2 rings (SSSR count). The van der Waals surface area contributed by atoms with Crippen molar-refractivity contribution in [3.63, 3.8) is 0 Å². The molecule has 6 nitrogen and oxygen atoms in total. The molecular formula is C11H16N2O4S2. The molecule has 1 aromatic rings. The minimum atomic E-state index is -3.40. The molecule has 1 aromatic heterocycles. The molecule has 0 atom stereocenters. The molecule has 0 amide bonds. The van der Waals surface area contributed by atoms with Gasteiger partial charge in [-0.2, -0.15) is 0 Å². The van der Waals surface area contributed by atoms with E-state index < -0.39 is 16.0 Å². The van der Waals surface area contributed by atoms with Crippen LogP contribution in [0, 0.1) is 0 Å². The van der Waals surface area contributed by atoms with Crippen LogP contribution in [0.1, 0.15) is 37.8 Å². The average molecular weight is 304 g/mol. The standard InChI is InChI=1S/C11H16N2O4S2/c14-10(15)6-8-7-18-11(12-8)13-19(16,17)9-4-2-1-3-5-9/h7,9H,1-6H2,(H,12,13)(H,14,15). The summed E-state index contributed by atoms with van der Waals surface area (Å²) in [6, 6.07) is 0. The van der Waals surface area contributed by atoms with Gasteiger partial charge in [-0.3, -0.25) is 9.52 Å². The second-order valence-electron chi connectivity index (χ2n) is 4.62. The third-order valence-corrected chi connectivity index (χ3v) is 5.87. The molecule has 1 heterocycles. The third-order valence-electron chi connectivity index (χ3n) is 3.10. The summed E-state index contributed by atoms with van der Waals surface area (Å²) in [6.07, 6.45) is 4.14. The van der Waals surface area contributed by atoms with Gasteiger partial charge in [0.2, 0.25) is 10.0 Å². The van der Waals surface area contributed by atoms with Gasteiger partial charge in [-0.25, -0.2) is 13.4 Å². The topological polar surface area (TPSA) is 96.4 Å². The quantitative estimate of drug-likeness (QED) is 0.865. The number of aliphatic carboxylic acids is 1. The van der Waals surface area contributed by atoms with Gasteiger partial charge >= 0.3 is 5.97 Å². The van der Waals surface area contributed by atoms with Crippen LogP contribution in [0.3, 0.4) is 0 Å². The van der Waals surface area contributed by atoms with Crippen LogP contribution in [0.25, 0.3) is 0 Å². The summed E-state index contributed by atoms with van der Waals surface area (Å²) < 4.78 is 26.7. The van der Waals surface area contributed by atoms with E-state index in [9.17, 15) is 13.2 Å². The first-order chi connectivity index (χ1) is 8.97. The number of carboxylic acids is 1. The number of hydrogen-bond acceptors (Lipinski definition) is 5. The second kappa shape index (κ2) is 5.87. The van der Waals surface area contributed by atoms with Crippen LogP contribution in [-0.4, -0.2) is 29.7 Å². The molecule has 0 aromatic carbocycles. The molecule has 0 spiro atoms. The van der Waals surface area contributed by atoms with Crippen molar-refractivity contribution in [3.05, 3.63) is 11.1 Å². The number of nitrogens with one attached hydrogen (secondary N) is 1. The molecule has 2 N–H and O–H groups in total. The lowest BCUT2D eigenvalue weighted by molar-refractivity contribution is -0.136. The van der Waals surface area contributed by atoms with Crippen molar-refractivity contribution < 1.29 is 18.3 Å². The number of thiazole rings is 1. The normalized spacial score (nSPS) is 17.3. The number of hydrogen-bond donors (Lipinski definition) is 2. The van der Waals surface area contributed by atoms with E-state index in [2.05, 4.69) is 9.71 Å². The van der Waals surface area contributed by atoms with E-state index in [-0.39, 0.29) is 16.8 Å². The zero-order chi connectivity index (χ0) is 13.9. The number of nitrogens with zero attached hydrogens (tertiary/aromatic N) is 1. The Morgan fingerprint density at radius 3 is 2.74 bits per heavy atom. The van der Waals surface area contributed by atoms with Gasteiger partial charge in [-0.1, -0.05) is 19.3 Å². The van der Waals surface area contributed by atoms with Crippen LogP contribution in [0.15, 0.2) is 5.38 Å². The lowest BCUT2D eigenvalue weighted by Crippen LogP contribution is -2.29. The second-order valence-corrected chi connectivity index (χ2v) is 7.44. The molecule has 0 aliphatic heterocycles. The molecule has 1 saturated carbocycles. The summed E-state index contributed by atoms with van der Waals surface area (Å²) in [6.45, 7) is 0. The fourth-order valence-electron chi connectivity index (χ4n) is 2.17. The predicted octanol–water partition coefficient (Wildman–Crippen LogP) is 1.84. The zero-order valence-electron chi connectivity index (χ0n) is 10.3. The van der Waals surface area contributed by atoms with Crippen molar-refractivity contribution in [3.8, 4) is 0 Å². The van der Waals surface area contributed by atoms with Crippen LogP contribution in [0.2, 0.25) is 0 Å². The van der Waals surface area contributed by atoms with E-state index >= 15 is 0 Å². The van der Waals surface area contributed by atoms with Crippen LogP contribution in [-0.2, 0) is 21.2 Å². The number of sulfonamides is 1. The van der Waals surface area contributed by atoms with E-state index in [4.69, 9.17) is 5.11 Å². The fraction of sp³-hybridized carbons (Fsp3) is 0.636. The molecule has 0 radical (unpaired) electrons. The van der Waals surface area contributed by atoms with Crippen LogP contribution in [0.4, 0.5) is 5.13 Å².